The second kappa shape index (κ2) is 7.02. The van der Waals surface area contributed by atoms with Crippen LogP contribution in [0.1, 0.15) is 17.0 Å². The Hall–Kier alpha value is -1.92. The lowest BCUT2D eigenvalue weighted by Crippen LogP contribution is -2.31. The van der Waals surface area contributed by atoms with Crippen molar-refractivity contribution >= 4 is 0 Å². The molecule has 2 N–H and O–H groups in total. The molecule has 0 saturated carbocycles. The smallest absolute Gasteiger partial charge is 0.213 e. The van der Waals surface area contributed by atoms with Gasteiger partial charge in [-0.15, -0.1) is 0 Å². The first-order valence-electron chi connectivity index (χ1n) is 6.50. The minimum Gasteiger partial charge on any atom is -0.490 e. The normalized spacial score (nSPS) is 12.3. The van der Waals surface area contributed by atoms with E-state index in [0.717, 1.165) is 16.9 Å². The molecule has 0 aliphatic rings. The van der Waals surface area contributed by atoms with Gasteiger partial charge in [-0.1, -0.05) is 23.4 Å². The van der Waals surface area contributed by atoms with E-state index in [4.69, 9.17) is 4.74 Å². The molecule has 1 heterocycles. The average Bonchev–Trinajstić information content (AvgIpc) is 2.91. The number of aromatic nitrogens is 2. The lowest BCUT2D eigenvalue weighted by Gasteiger charge is -2.15. The van der Waals surface area contributed by atoms with Crippen LogP contribution in [-0.4, -0.2) is 34.5 Å². The van der Waals surface area contributed by atoms with Gasteiger partial charge in [-0.2, -0.15) is 4.98 Å². The van der Waals surface area contributed by atoms with Crippen molar-refractivity contribution in [3.05, 3.63) is 41.5 Å². The number of hydrogen-bond acceptors (Lipinski definition) is 6. The van der Waals surface area contributed by atoms with E-state index in [1.165, 1.54) is 6.39 Å². The van der Waals surface area contributed by atoms with Crippen LogP contribution in [0.5, 0.6) is 5.75 Å². The first-order chi connectivity index (χ1) is 9.66. The van der Waals surface area contributed by atoms with Crippen LogP contribution in [0.3, 0.4) is 0 Å². The van der Waals surface area contributed by atoms with E-state index in [2.05, 4.69) is 20.0 Å². The molecule has 0 radical (unpaired) electrons. The zero-order valence-electron chi connectivity index (χ0n) is 11.7. The molecular weight excluding hydrogens is 258 g/mol. The zero-order valence-corrected chi connectivity index (χ0v) is 11.7. The molecule has 108 valence electrons. The van der Waals surface area contributed by atoms with Crippen molar-refractivity contribution < 1.29 is 14.4 Å². The molecule has 0 fully saturated rings. The summed E-state index contributed by atoms with van der Waals surface area (Å²) < 4.78 is 10.3. The number of ether oxygens (including phenoxy) is 1. The van der Waals surface area contributed by atoms with Gasteiger partial charge in [0.05, 0.1) is 6.54 Å². The highest BCUT2D eigenvalue weighted by molar-refractivity contribution is 5.39. The quantitative estimate of drug-likeness (QED) is 0.792. The molecule has 6 nitrogen and oxygen atoms in total. The van der Waals surface area contributed by atoms with Crippen molar-refractivity contribution in [2.24, 2.45) is 0 Å². The van der Waals surface area contributed by atoms with Crippen molar-refractivity contribution in [3.8, 4) is 5.75 Å². The van der Waals surface area contributed by atoms with Gasteiger partial charge < -0.3 is 19.7 Å². The number of nitrogens with one attached hydrogen (secondary N) is 1. The topological polar surface area (TPSA) is 80.4 Å². The molecule has 1 aromatic carbocycles. The Bertz CT molecular complexity index is 508. The molecule has 0 bridgehead atoms. The fourth-order valence-electron chi connectivity index (χ4n) is 1.89. The van der Waals surface area contributed by atoms with Gasteiger partial charge in [0.25, 0.3) is 0 Å². The zero-order chi connectivity index (χ0) is 14.4. The maximum absolute atomic E-state index is 9.87. The van der Waals surface area contributed by atoms with Crippen LogP contribution in [0.4, 0.5) is 0 Å². The number of aryl methyl sites for hydroxylation is 2. The lowest BCUT2D eigenvalue weighted by molar-refractivity contribution is 0.105. The Labute approximate surface area is 117 Å². The molecule has 6 heteroatoms. The van der Waals surface area contributed by atoms with Crippen LogP contribution in [0.15, 0.2) is 29.1 Å². The van der Waals surface area contributed by atoms with Crippen LogP contribution in [0, 0.1) is 13.8 Å². The van der Waals surface area contributed by atoms with Gasteiger partial charge in [-0.25, -0.2) is 0 Å². The summed E-state index contributed by atoms with van der Waals surface area (Å²) in [6.07, 6.45) is 0.679. The fourth-order valence-corrected chi connectivity index (χ4v) is 1.89. The molecule has 2 aromatic rings. The molecule has 1 unspecified atom stereocenters. The summed E-state index contributed by atoms with van der Waals surface area (Å²) >= 11 is 0. The summed E-state index contributed by atoms with van der Waals surface area (Å²) in [5.41, 5.74) is 2.13. The minimum absolute atomic E-state index is 0.241. The van der Waals surface area contributed by atoms with Gasteiger partial charge in [0.1, 0.15) is 18.5 Å². The third kappa shape index (κ3) is 4.04. The highest BCUT2D eigenvalue weighted by Gasteiger charge is 2.08. The number of benzene rings is 1. The molecular formula is C14H19N3O3. The Morgan fingerprint density at radius 2 is 2.10 bits per heavy atom. The number of nitrogens with zero attached hydrogens (tertiary/aromatic N) is 2. The summed E-state index contributed by atoms with van der Waals surface area (Å²) in [5.74, 6) is 1.40. The standard InChI is InChI=1S/C14H19N3O3/c1-10-4-3-5-11(2)14(10)19-8-12(18)6-15-7-13-16-9-20-17-13/h3-5,9,12,15,18H,6-8H2,1-2H3. The minimum atomic E-state index is -0.596. The van der Waals surface area contributed by atoms with Gasteiger partial charge in [0.15, 0.2) is 5.82 Å². The predicted molar refractivity (Wildman–Crippen MR) is 73.4 cm³/mol. The Balaban J connectivity index is 1.73. The van der Waals surface area contributed by atoms with E-state index in [-0.39, 0.29) is 6.61 Å². The molecule has 0 aliphatic carbocycles. The van der Waals surface area contributed by atoms with Crippen LogP contribution in [0.25, 0.3) is 0 Å². The summed E-state index contributed by atoms with van der Waals surface area (Å²) in [7, 11) is 0. The van der Waals surface area contributed by atoms with E-state index in [1.807, 2.05) is 32.0 Å². The van der Waals surface area contributed by atoms with Crippen LogP contribution >= 0.6 is 0 Å². The van der Waals surface area contributed by atoms with Gasteiger partial charge in [0.2, 0.25) is 6.39 Å². The van der Waals surface area contributed by atoms with Crippen molar-refractivity contribution in [3.63, 3.8) is 0 Å². The Kier molecular flexibility index (Phi) is 5.09. The van der Waals surface area contributed by atoms with Gasteiger partial charge in [-0.05, 0) is 25.0 Å². The second-order valence-corrected chi connectivity index (χ2v) is 4.66. The van der Waals surface area contributed by atoms with E-state index in [0.29, 0.717) is 18.9 Å². The lowest BCUT2D eigenvalue weighted by atomic mass is 10.1. The molecule has 20 heavy (non-hydrogen) atoms. The molecule has 1 aromatic heterocycles. The van der Waals surface area contributed by atoms with Gasteiger partial charge in [-0.3, -0.25) is 0 Å². The SMILES string of the molecule is Cc1cccc(C)c1OCC(O)CNCc1ncon1. The summed E-state index contributed by atoms with van der Waals surface area (Å²) in [6, 6.07) is 5.97. The first kappa shape index (κ1) is 14.5. The van der Waals surface area contributed by atoms with E-state index < -0.39 is 6.10 Å². The van der Waals surface area contributed by atoms with E-state index in [1.54, 1.807) is 0 Å². The van der Waals surface area contributed by atoms with Gasteiger partial charge >= 0.3 is 0 Å². The second-order valence-electron chi connectivity index (χ2n) is 4.66. The van der Waals surface area contributed by atoms with Crippen molar-refractivity contribution in [2.45, 2.75) is 26.5 Å². The average molecular weight is 277 g/mol. The monoisotopic (exact) mass is 277 g/mol. The molecule has 0 aliphatic heterocycles. The number of rotatable bonds is 7. The summed E-state index contributed by atoms with van der Waals surface area (Å²) in [6.45, 7) is 5.08. The highest BCUT2D eigenvalue weighted by atomic mass is 16.5. The largest absolute Gasteiger partial charge is 0.490 e. The van der Waals surface area contributed by atoms with Crippen molar-refractivity contribution in [1.82, 2.24) is 15.5 Å². The van der Waals surface area contributed by atoms with Crippen molar-refractivity contribution in [1.29, 1.82) is 0 Å². The number of para-hydroxylation sites is 1. The maximum atomic E-state index is 9.87. The number of aliphatic hydroxyl groups is 1. The summed E-state index contributed by atoms with van der Waals surface area (Å²) in [5, 5.41) is 16.6. The predicted octanol–water partition coefficient (Wildman–Crippen LogP) is 1.22. The molecule has 0 saturated heterocycles. The number of aliphatic hydroxyl groups excluding tert-OH is 1. The van der Waals surface area contributed by atoms with Crippen LogP contribution in [-0.2, 0) is 6.54 Å². The van der Waals surface area contributed by atoms with Crippen LogP contribution in [0.2, 0.25) is 0 Å². The fraction of sp³-hybridized carbons (Fsp3) is 0.429. The Morgan fingerprint density at radius 3 is 2.75 bits per heavy atom. The third-order valence-electron chi connectivity index (χ3n) is 2.90. The maximum Gasteiger partial charge on any atom is 0.213 e. The Morgan fingerprint density at radius 1 is 1.35 bits per heavy atom. The third-order valence-corrected chi connectivity index (χ3v) is 2.90. The molecule has 0 amide bonds. The van der Waals surface area contributed by atoms with Crippen molar-refractivity contribution in [2.75, 3.05) is 13.2 Å². The molecule has 2 rings (SSSR count). The molecule has 0 spiro atoms. The van der Waals surface area contributed by atoms with Gasteiger partial charge in [0, 0.05) is 6.54 Å². The van der Waals surface area contributed by atoms with E-state index >= 15 is 0 Å². The highest BCUT2D eigenvalue weighted by Crippen LogP contribution is 2.22. The molecule has 1 atom stereocenters. The van der Waals surface area contributed by atoms with E-state index in [9.17, 15) is 5.11 Å². The number of hydrogen-bond donors (Lipinski definition) is 2. The van der Waals surface area contributed by atoms with Crippen LogP contribution < -0.4 is 10.1 Å². The summed E-state index contributed by atoms with van der Waals surface area (Å²) in [4.78, 5) is 3.88. The first-order valence-corrected chi connectivity index (χ1v) is 6.50.